The molecule has 1 aromatic rings. The van der Waals surface area contributed by atoms with Gasteiger partial charge in [-0.2, -0.15) is 0 Å². The summed E-state index contributed by atoms with van der Waals surface area (Å²) in [5.74, 6) is -3.76. The highest BCUT2D eigenvalue weighted by Gasteiger charge is 2.17. The minimum absolute atomic E-state index is 0.104. The summed E-state index contributed by atoms with van der Waals surface area (Å²) in [5, 5.41) is 13.5. The number of unbranched alkanes of at least 4 members (excludes halogenated alkanes) is 1. The van der Waals surface area contributed by atoms with Gasteiger partial charge in [0, 0.05) is 12.1 Å². The third kappa shape index (κ3) is 5.02. The quantitative estimate of drug-likeness (QED) is 0.753. The summed E-state index contributed by atoms with van der Waals surface area (Å²) >= 11 is 0. The molecule has 0 saturated heterocycles. The number of benzene rings is 1. The van der Waals surface area contributed by atoms with Crippen LogP contribution in [0.1, 0.15) is 43.5 Å². The summed E-state index contributed by atoms with van der Waals surface area (Å²) < 4.78 is 26.7. The highest BCUT2D eigenvalue weighted by molar-refractivity contribution is 5.93. The molecule has 0 heterocycles. The molecule has 0 saturated carbocycles. The summed E-state index contributed by atoms with van der Waals surface area (Å²) in [4.78, 5) is 22.5. The standard InChI is InChI=1S/C14H18F2N2O3/c1-3-4-5-8(2)17-14(21)18-12-6-9(13(19)20)10(15)7-11(12)16/h6-8H,3-5H2,1-2H3,(H,19,20)(H2,17,18,21). The van der Waals surface area contributed by atoms with E-state index in [0.29, 0.717) is 6.07 Å². The number of carbonyl (C=O) groups excluding carboxylic acids is 1. The Hall–Kier alpha value is -2.18. The Morgan fingerprint density at radius 1 is 1.29 bits per heavy atom. The average molecular weight is 300 g/mol. The van der Waals surface area contributed by atoms with Crippen LogP contribution in [0.2, 0.25) is 0 Å². The van der Waals surface area contributed by atoms with Crippen molar-refractivity contribution >= 4 is 17.7 Å². The van der Waals surface area contributed by atoms with E-state index in [4.69, 9.17) is 5.11 Å². The van der Waals surface area contributed by atoms with Gasteiger partial charge >= 0.3 is 12.0 Å². The van der Waals surface area contributed by atoms with Crippen LogP contribution >= 0.6 is 0 Å². The van der Waals surface area contributed by atoms with Crippen LogP contribution in [0.15, 0.2) is 12.1 Å². The van der Waals surface area contributed by atoms with Gasteiger partial charge in [0.05, 0.1) is 11.3 Å². The first-order valence-corrected chi connectivity index (χ1v) is 6.65. The minimum Gasteiger partial charge on any atom is -0.478 e. The zero-order chi connectivity index (χ0) is 16.0. The smallest absolute Gasteiger partial charge is 0.338 e. The monoisotopic (exact) mass is 300 g/mol. The van der Waals surface area contributed by atoms with Crippen LogP contribution in [-0.2, 0) is 0 Å². The lowest BCUT2D eigenvalue weighted by Gasteiger charge is -2.14. The third-order valence-corrected chi connectivity index (χ3v) is 2.90. The Balaban J connectivity index is 2.76. The van der Waals surface area contributed by atoms with Gasteiger partial charge in [0.15, 0.2) is 0 Å². The Bertz CT molecular complexity index is 535. The summed E-state index contributed by atoms with van der Waals surface area (Å²) in [6.07, 6.45) is 2.70. The van der Waals surface area contributed by atoms with Gasteiger partial charge in [-0.1, -0.05) is 19.8 Å². The van der Waals surface area contributed by atoms with E-state index in [2.05, 4.69) is 10.6 Å². The molecule has 21 heavy (non-hydrogen) atoms. The van der Waals surface area contributed by atoms with E-state index in [1.54, 1.807) is 6.92 Å². The maximum absolute atomic E-state index is 13.5. The summed E-state index contributed by atoms with van der Waals surface area (Å²) in [5.41, 5.74) is -1.08. The molecule has 0 aromatic heterocycles. The normalized spacial score (nSPS) is 11.8. The summed E-state index contributed by atoms with van der Waals surface area (Å²) in [7, 11) is 0. The van der Waals surface area contributed by atoms with Gasteiger partial charge in [-0.3, -0.25) is 0 Å². The number of anilines is 1. The first-order valence-electron chi connectivity index (χ1n) is 6.65. The maximum Gasteiger partial charge on any atom is 0.338 e. The largest absolute Gasteiger partial charge is 0.478 e. The second-order valence-electron chi connectivity index (χ2n) is 4.76. The zero-order valence-corrected chi connectivity index (χ0v) is 11.9. The van der Waals surface area contributed by atoms with Gasteiger partial charge in [0.25, 0.3) is 0 Å². The molecule has 7 heteroatoms. The van der Waals surface area contributed by atoms with Gasteiger partial charge in [0.2, 0.25) is 0 Å². The van der Waals surface area contributed by atoms with E-state index in [9.17, 15) is 18.4 Å². The summed E-state index contributed by atoms with van der Waals surface area (Å²) in [6.45, 7) is 3.83. The number of aromatic carboxylic acids is 1. The van der Waals surface area contributed by atoms with Crippen molar-refractivity contribution in [3.63, 3.8) is 0 Å². The van der Waals surface area contributed by atoms with Crippen molar-refractivity contribution in [2.45, 2.75) is 39.2 Å². The summed E-state index contributed by atoms with van der Waals surface area (Å²) in [6, 6.07) is 0.413. The highest BCUT2D eigenvalue weighted by atomic mass is 19.1. The van der Waals surface area contributed by atoms with Crippen molar-refractivity contribution in [1.82, 2.24) is 5.32 Å². The number of nitrogens with one attached hydrogen (secondary N) is 2. The van der Waals surface area contributed by atoms with Gasteiger partial charge < -0.3 is 15.7 Å². The molecule has 0 spiro atoms. The van der Waals surface area contributed by atoms with Crippen molar-refractivity contribution in [3.05, 3.63) is 29.3 Å². The highest BCUT2D eigenvalue weighted by Crippen LogP contribution is 2.19. The van der Waals surface area contributed by atoms with Crippen molar-refractivity contribution in [2.24, 2.45) is 0 Å². The van der Waals surface area contributed by atoms with E-state index in [1.165, 1.54) is 0 Å². The number of hydrogen-bond acceptors (Lipinski definition) is 2. The Morgan fingerprint density at radius 3 is 2.52 bits per heavy atom. The van der Waals surface area contributed by atoms with E-state index in [0.717, 1.165) is 25.3 Å². The average Bonchev–Trinajstić information content (AvgIpc) is 2.39. The molecule has 0 bridgehead atoms. The predicted octanol–water partition coefficient (Wildman–Crippen LogP) is 3.36. The van der Waals surface area contributed by atoms with E-state index < -0.39 is 29.2 Å². The molecule has 0 fully saturated rings. The van der Waals surface area contributed by atoms with E-state index >= 15 is 0 Å². The fourth-order valence-corrected chi connectivity index (χ4v) is 1.77. The molecule has 1 atom stereocenters. The molecule has 0 aliphatic rings. The van der Waals surface area contributed by atoms with Crippen molar-refractivity contribution in [1.29, 1.82) is 0 Å². The van der Waals surface area contributed by atoms with Crippen LogP contribution in [0, 0.1) is 11.6 Å². The predicted molar refractivity (Wildman–Crippen MR) is 74.5 cm³/mol. The van der Waals surface area contributed by atoms with Gasteiger partial charge in [-0.15, -0.1) is 0 Å². The number of rotatable bonds is 6. The van der Waals surface area contributed by atoms with E-state index in [-0.39, 0.29) is 11.7 Å². The van der Waals surface area contributed by atoms with Crippen LogP contribution in [-0.4, -0.2) is 23.1 Å². The maximum atomic E-state index is 13.5. The first kappa shape index (κ1) is 16.9. The zero-order valence-electron chi connectivity index (χ0n) is 11.9. The van der Waals surface area contributed by atoms with Crippen LogP contribution in [0.3, 0.4) is 0 Å². The number of carboxylic acid groups (broad SMARTS) is 1. The fraction of sp³-hybridized carbons (Fsp3) is 0.429. The molecule has 3 N–H and O–H groups in total. The van der Waals surface area contributed by atoms with Crippen LogP contribution in [0.4, 0.5) is 19.3 Å². The topological polar surface area (TPSA) is 78.4 Å². The van der Waals surface area contributed by atoms with Gasteiger partial charge in [-0.05, 0) is 19.4 Å². The molecule has 5 nitrogen and oxygen atoms in total. The van der Waals surface area contributed by atoms with Crippen LogP contribution in [0.5, 0.6) is 0 Å². The van der Waals surface area contributed by atoms with Gasteiger partial charge in [0.1, 0.15) is 11.6 Å². The van der Waals surface area contributed by atoms with Crippen molar-refractivity contribution in [3.8, 4) is 0 Å². The second-order valence-corrected chi connectivity index (χ2v) is 4.76. The molecular formula is C14H18F2N2O3. The second kappa shape index (κ2) is 7.56. The number of carbonyl (C=O) groups is 2. The lowest BCUT2D eigenvalue weighted by atomic mass is 10.1. The van der Waals surface area contributed by atoms with Crippen molar-refractivity contribution < 1.29 is 23.5 Å². The third-order valence-electron chi connectivity index (χ3n) is 2.90. The molecular weight excluding hydrogens is 282 g/mol. The molecule has 2 amide bonds. The SMILES string of the molecule is CCCCC(C)NC(=O)Nc1cc(C(=O)O)c(F)cc1F. The van der Waals surface area contributed by atoms with Gasteiger partial charge in [-0.25, -0.2) is 18.4 Å². The molecule has 116 valence electrons. The molecule has 0 aliphatic heterocycles. The first-order chi connectivity index (χ1) is 9.85. The molecule has 1 unspecified atom stereocenters. The number of carboxylic acids is 1. The van der Waals surface area contributed by atoms with Crippen LogP contribution < -0.4 is 10.6 Å². The fourth-order valence-electron chi connectivity index (χ4n) is 1.77. The molecule has 0 radical (unpaired) electrons. The Kier molecular flexibility index (Phi) is 6.08. The number of urea groups is 1. The lowest BCUT2D eigenvalue weighted by molar-refractivity contribution is 0.0692. The number of halogens is 2. The number of hydrogen-bond donors (Lipinski definition) is 3. The lowest BCUT2D eigenvalue weighted by Crippen LogP contribution is -2.36. The molecule has 1 aromatic carbocycles. The Morgan fingerprint density at radius 2 is 1.95 bits per heavy atom. The minimum atomic E-state index is -1.53. The van der Waals surface area contributed by atoms with Crippen molar-refractivity contribution in [2.75, 3.05) is 5.32 Å². The van der Waals surface area contributed by atoms with E-state index in [1.807, 2.05) is 6.92 Å². The molecule has 0 aliphatic carbocycles. The Labute approximate surface area is 121 Å². The number of amides is 2. The molecule has 1 rings (SSSR count). The van der Waals surface area contributed by atoms with Crippen LogP contribution in [0.25, 0.3) is 0 Å².